The molecule has 0 fully saturated rings. The third-order valence-electron chi connectivity index (χ3n) is 7.49. The Labute approximate surface area is 282 Å². The van der Waals surface area contributed by atoms with Crippen LogP contribution < -0.4 is 20.3 Å². The summed E-state index contributed by atoms with van der Waals surface area (Å²) in [5, 5.41) is 3.98. The van der Waals surface area contributed by atoms with Crippen molar-refractivity contribution >= 4 is 51.8 Å². The normalized spacial score (nSPS) is 12.1. The largest absolute Gasteiger partial charge is 0.495 e. The van der Waals surface area contributed by atoms with Crippen molar-refractivity contribution in [3.05, 3.63) is 111 Å². The maximum atomic E-state index is 14.6. The first-order chi connectivity index (χ1) is 22.6. The Kier molecular flexibility index (Phi) is 10.6. The second-order valence-electron chi connectivity index (χ2n) is 11.1. The summed E-state index contributed by atoms with van der Waals surface area (Å²) >= 11 is 13.6. The van der Waals surface area contributed by atoms with E-state index in [2.05, 4.69) is 15.3 Å². The number of aromatic nitrogens is 4. The first-order valence-electron chi connectivity index (χ1n) is 14.7. The summed E-state index contributed by atoms with van der Waals surface area (Å²) in [4.78, 5) is 42.8. The van der Waals surface area contributed by atoms with Crippen molar-refractivity contribution < 1.29 is 14.3 Å². The van der Waals surface area contributed by atoms with Gasteiger partial charge in [-0.25, -0.2) is 9.97 Å². The van der Waals surface area contributed by atoms with Gasteiger partial charge in [0, 0.05) is 42.4 Å². The minimum atomic E-state index is -0.535. The Hall–Kier alpha value is -4.77. The Morgan fingerprint density at radius 1 is 1.02 bits per heavy atom. The van der Waals surface area contributed by atoms with Gasteiger partial charge >= 0.3 is 0 Å². The van der Waals surface area contributed by atoms with Crippen LogP contribution in [0.2, 0.25) is 10.0 Å². The maximum Gasteiger partial charge on any atom is 0.260 e. The summed E-state index contributed by atoms with van der Waals surface area (Å²) in [6, 6.07) is 15.7. The molecule has 0 saturated carbocycles. The Bertz CT molecular complexity index is 1990. The Morgan fingerprint density at radius 2 is 1.77 bits per heavy atom. The molecule has 12 heteroatoms. The number of nitrogens with one attached hydrogen (secondary N) is 1. The smallest absolute Gasteiger partial charge is 0.260 e. The molecule has 3 heterocycles. The summed E-state index contributed by atoms with van der Waals surface area (Å²) < 4.78 is 12.5. The second kappa shape index (κ2) is 14.8. The molecule has 0 bridgehead atoms. The number of benzene rings is 2. The third-order valence-corrected chi connectivity index (χ3v) is 8.24. The third kappa shape index (κ3) is 7.46. The number of methoxy groups -OCH3 is 2. The van der Waals surface area contributed by atoms with Crippen LogP contribution in [0.25, 0.3) is 22.2 Å². The summed E-state index contributed by atoms with van der Waals surface area (Å²) in [5.41, 5.74) is 2.05. The highest BCUT2D eigenvalue weighted by Crippen LogP contribution is 2.45. The molecule has 2 aromatic carbocycles. The van der Waals surface area contributed by atoms with Gasteiger partial charge in [0.05, 0.1) is 35.9 Å². The van der Waals surface area contributed by atoms with Crippen LogP contribution in [0, 0.1) is 0 Å². The van der Waals surface area contributed by atoms with Crippen LogP contribution in [0.3, 0.4) is 0 Å². The minimum Gasteiger partial charge on any atom is -0.495 e. The monoisotopic (exact) mass is 672 g/mol. The van der Waals surface area contributed by atoms with Crippen LogP contribution in [0.15, 0.2) is 83.9 Å². The van der Waals surface area contributed by atoms with E-state index in [1.807, 2.05) is 62.3 Å². The number of rotatable bonds is 12. The van der Waals surface area contributed by atoms with Crippen molar-refractivity contribution in [2.75, 3.05) is 40.2 Å². The van der Waals surface area contributed by atoms with E-state index in [-0.39, 0.29) is 39.3 Å². The number of allylic oxidation sites excluding steroid dienone is 1. The molecular formula is C35H34Cl2N6O4. The molecule has 0 saturated heterocycles. The van der Waals surface area contributed by atoms with Crippen molar-refractivity contribution in [1.29, 1.82) is 0 Å². The van der Waals surface area contributed by atoms with Gasteiger partial charge in [-0.2, -0.15) is 4.98 Å². The maximum absolute atomic E-state index is 14.6. The molecule has 1 atom stereocenters. The summed E-state index contributed by atoms with van der Waals surface area (Å²) in [6.07, 6.45) is 6.93. The molecule has 242 valence electrons. The molecule has 0 aliphatic carbocycles. The number of likely N-dealkylation sites (N-methyl/N-ethyl adjacent to an activating group) is 1. The van der Waals surface area contributed by atoms with Crippen molar-refractivity contribution in [3.63, 3.8) is 0 Å². The zero-order chi connectivity index (χ0) is 33.7. The number of pyridine rings is 2. The number of anilines is 2. The fourth-order valence-electron chi connectivity index (χ4n) is 5.16. The number of hydrogen-bond acceptors (Lipinski definition) is 9. The number of carbonyl (C=O) groups is 1. The van der Waals surface area contributed by atoms with E-state index in [0.29, 0.717) is 34.9 Å². The fourth-order valence-corrected chi connectivity index (χ4v) is 5.86. The van der Waals surface area contributed by atoms with Crippen molar-refractivity contribution in [2.45, 2.75) is 19.4 Å². The standard InChI is InChI=1S/C35H34Cl2N6O4/c1-21(23-11-8-10-22(16-23)17-25(44)12-9-15-42(2)3)43-33-24(20-39-35(41-33)40-29-13-6-7-14-38-29)18-26(34(43)45)30-31(36)27(46-4)19-28(47-5)32(30)37/h6-14,16,18-21H,15,17H2,1-5H3,(H,38,39,40,41)/b12-9+. The second-order valence-corrected chi connectivity index (χ2v) is 11.8. The molecule has 5 aromatic rings. The number of ketones is 1. The van der Waals surface area contributed by atoms with E-state index in [1.54, 1.807) is 47.3 Å². The first-order valence-corrected chi connectivity index (χ1v) is 15.5. The van der Waals surface area contributed by atoms with Crippen LogP contribution in [-0.2, 0) is 11.2 Å². The summed E-state index contributed by atoms with van der Waals surface area (Å²) in [5.74, 6) is 1.38. The molecule has 10 nitrogen and oxygen atoms in total. The molecule has 0 spiro atoms. The SMILES string of the molecule is COc1cc(OC)c(Cl)c(-c2cc3cnc(Nc4ccccn4)nc3n(C(C)c3cccc(CC(=O)/C=C/CN(C)C)c3)c2=O)c1Cl. The highest BCUT2D eigenvalue weighted by Gasteiger charge is 2.25. The molecule has 0 amide bonds. The molecule has 0 aliphatic heterocycles. The number of nitrogens with zero attached hydrogens (tertiary/aromatic N) is 5. The van der Waals surface area contributed by atoms with Crippen molar-refractivity contribution in [2.24, 2.45) is 0 Å². The van der Waals surface area contributed by atoms with Crippen LogP contribution in [-0.4, -0.2) is 65.1 Å². The highest BCUT2D eigenvalue weighted by molar-refractivity contribution is 6.41. The molecule has 1 unspecified atom stereocenters. The first kappa shape index (κ1) is 33.6. The Balaban J connectivity index is 1.68. The number of ether oxygens (including phenoxy) is 2. The van der Waals surface area contributed by atoms with E-state index < -0.39 is 11.6 Å². The van der Waals surface area contributed by atoms with Gasteiger partial charge in [-0.15, -0.1) is 0 Å². The van der Waals surface area contributed by atoms with Crippen LogP contribution in [0.1, 0.15) is 24.1 Å². The lowest BCUT2D eigenvalue weighted by Gasteiger charge is -2.21. The van der Waals surface area contributed by atoms with Gasteiger partial charge < -0.3 is 19.7 Å². The van der Waals surface area contributed by atoms with Crippen molar-refractivity contribution in [1.82, 2.24) is 24.4 Å². The Morgan fingerprint density at radius 3 is 2.43 bits per heavy atom. The lowest BCUT2D eigenvalue weighted by atomic mass is 10.00. The molecule has 0 radical (unpaired) electrons. The summed E-state index contributed by atoms with van der Waals surface area (Å²) in [6.45, 7) is 2.56. The molecular weight excluding hydrogens is 639 g/mol. The highest BCUT2D eigenvalue weighted by atomic mass is 35.5. The quantitative estimate of drug-likeness (QED) is 0.144. The van der Waals surface area contributed by atoms with Gasteiger partial charge in [0.25, 0.3) is 5.56 Å². The predicted octanol–water partition coefficient (Wildman–Crippen LogP) is 6.76. The van der Waals surface area contributed by atoms with Crippen molar-refractivity contribution in [3.8, 4) is 22.6 Å². The molecule has 1 N–H and O–H groups in total. The zero-order valence-corrected chi connectivity index (χ0v) is 28.1. The topological polar surface area (TPSA) is 111 Å². The van der Waals surface area contributed by atoms with E-state index in [9.17, 15) is 9.59 Å². The van der Waals surface area contributed by atoms with Gasteiger partial charge in [0.15, 0.2) is 5.78 Å². The van der Waals surface area contributed by atoms with Crippen LogP contribution >= 0.6 is 23.2 Å². The lowest BCUT2D eigenvalue weighted by Crippen LogP contribution is -2.27. The van der Waals surface area contributed by atoms with E-state index in [1.165, 1.54) is 14.2 Å². The number of hydrogen-bond donors (Lipinski definition) is 1. The number of carbonyl (C=O) groups excluding carboxylic acids is 1. The zero-order valence-electron chi connectivity index (χ0n) is 26.6. The van der Waals surface area contributed by atoms with Gasteiger partial charge in [0.1, 0.15) is 23.0 Å². The van der Waals surface area contributed by atoms with Gasteiger partial charge in [-0.1, -0.05) is 59.6 Å². The average Bonchev–Trinajstić information content (AvgIpc) is 3.05. The summed E-state index contributed by atoms with van der Waals surface area (Å²) in [7, 11) is 6.82. The van der Waals surface area contributed by atoms with Crippen LogP contribution in [0.5, 0.6) is 11.5 Å². The molecule has 3 aromatic heterocycles. The average molecular weight is 674 g/mol. The predicted molar refractivity (Wildman–Crippen MR) is 187 cm³/mol. The van der Waals surface area contributed by atoms with Crippen LogP contribution in [0.4, 0.5) is 11.8 Å². The van der Waals surface area contributed by atoms with Gasteiger partial charge in [0.2, 0.25) is 5.95 Å². The number of fused-ring (bicyclic) bond motifs is 1. The molecule has 47 heavy (non-hydrogen) atoms. The van der Waals surface area contributed by atoms with E-state index in [0.717, 1.165) is 11.1 Å². The van der Waals surface area contributed by atoms with E-state index in [4.69, 9.17) is 37.7 Å². The number of halogens is 2. The minimum absolute atomic E-state index is 0.0181. The molecule has 0 aliphatic rings. The van der Waals surface area contributed by atoms with Gasteiger partial charge in [-0.3, -0.25) is 14.2 Å². The molecule has 5 rings (SSSR count). The van der Waals surface area contributed by atoms with Gasteiger partial charge in [-0.05, 0) is 56.4 Å². The van der Waals surface area contributed by atoms with E-state index >= 15 is 0 Å². The lowest BCUT2D eigenvalue weighted by molar-refractivity contribution is -0.114. The fraction of sp³-hybridized carbons (Fsp3) is 0.229.